The molecule has 0 spiro atoms. The van der Waals surface area contributed by atoms with Crippen molar-refractivity contribution in [1.29, 1.82) is 0 Å². The topological polar surface area (TPSA) is 83.5 Å². The largest absolute Gasteiger partial charge is 0.341 e. The second-order valence-electron chi connectivity index (χ2n) is 6.10. The fourth-order valence-electron chi connectivity index (χ4n) is 2.39. The van der Waals surface area contributed by atoms with Crippen LogP contribution >= 0.6 is 11.6 Å². The molecule has 1 amide bonds. The minimum atomic E-state index is -3.73. The molecule has 27 heavy (non-hydrogen) atoms. The monoisotopic (exact) mass is 408 g/mol. The van der Waals surface area contributed by atoms with Gasteiger partial charge in [0.1, 0.15) is 0 Å². The molecule has 1 N–H and O–H groups in total. The Morgan fingerprint density at radius 1 is 1.04 bits per heavy atom. The van der Waals surface area contributed by atoms with Gasteiger partial charge in [-0.25, -0.2) is 13.1 Å². The molecule has 0 aliphatic rings. The van der Waals surface area contributed by atoms with Gasteiger partial charge in [0.15, 0.2) is 5.78 Å². The fraction of sp³-hybridized carbons (Fsp3) is 0.263. The summed E-state index contributed by atoms with van der Waals surface area (Å²) in [6.07, 6.45) is 0.0366. The van der Waals surface area contributed by atoms with Crippen molar-refractivity contribution in [2.75, 3.05) is 13.6 Å². The van der Waals surface area contributed by atoms with E-state index in [0.717, 1.165) is 5.56 Å². The van der Waals surface area contributed by atoms with Crippen molar-refractivity contribution in [3.8, 4) is 0 Å². The Hall–Kier alpha value is -2.22. The number of hydrogen-bond acceptors (Lipinski definition) is 4. The predicted octanol–water partition coefficient (Wildman–Crippen LogP) is 2.87. The second-order valence-corrected chi connectivity index (χ2v) is 8.31. The summed E-state index contributed by atoms with van der Waals surface area (Å²) in [5.74, 6) is -0.319. The van der Waals surface area contributed by atoms with E-state index in [1.807, 2.05) is 12.1 Å². The molecule has 0 bridgehead atoms. The van der Waals surface area contributed by atoms with E-state index in [4.69, 9.17) is 11.6 Å². The Morgan fingerprint density at radius 3 is 2.19 bits per heavy atom. The van der Waals surface area contributed by atoms with Crippen molar-refractivity contribution in [1.82, 2.24) is 9.62 Å². The number of hydrogen-bond donors (Lipinski definition) is 1. The van der Waals surface area contributed by atoms with Crippen LogP contribution in [0, 0.1) is 0 Å². The number of Topliss-reactive ketones (excluding diaryl/α,β-unsaturated/α-hetero) is 1. The van der Waals surface area contributed by atoms with Gasteiger partial charge in [0.25, 0.3) is 0 Å². The summed E-state index contributed by atoms with van der Waals surface area (Å²) in [5.41, 5.74) is 1.37. The third kappa shape index (κ3) is 6.16. The van der Waals surface area contributed by atoms with Crippen molar-refractivity contribution < 1.29 is 18.0 Å². The molecule has 2 rings (SSSR count). The maximum Gasteiger partial charge on any atom is 0.240 e. The first kappa shape index (κ1) is 21.1. The van der Waals surface area contributed by atoms with Crippen molar-refractivity contribution in [2.45, 2.75) is 24.8 Å². The quantitative estimate of drug-likeness (QED) is 0.681. The number of amides is 1. The van der Waals surface area contributed by atoms with Crippen LogP contribution in [0.2, 0.25) is 5.02 Å². The van der Waals surface area contributed by atoms with Crippen LogP contribution in [-0.2, 0) is 21.4 Å². The van der Waals surface area contributed by atoms with Gasteiger partial charge in [0.2, 0.25) is 15.9 Å². The van der Waals surface area contributed by atoms with Gasteiger partial charge in [-0.15, -0.1) is 0 Å². The lowest BCUT2D eigenvalue weighted by Crippen LogP contribution is -2.32. The van der Waals surface area contributed by atoms with E-state index >= 15 is 0 Å². The number of halogens is 1. The average Bonchev–Trinajstić information content (AvgIpc) is 2.63. The lowest BCUT2D eigenvalue weighted by molar-refractivity contribution is -0.130. The molecule has 0 aromatic heterocycles. The number of sulfonamides is 1. The summed E-state index contributed by atoms with van der Waals surface area (Å²) in [6, 6.07) is 12.8. The number of nitrogens with zero attached hydrogens (tertiary/aromatic N) is 1. The van der Waals surface area contributed by atoms with Crippen LogP contribution in [0.15, 0.2) is 53.4 Å². The maximum atomic E-state index is 12.3. The Balaban J connectivity index is 1.87. The minimum absolute atomic E-state index is 0.0133. The molecular formula is C19H21ClN2O4S. The zero-order chi connectivity index (χ0) is 20.0. The van der Waals surface area contributed by atoms with Crippen LogP contribution < -0.4 is 4.72 Å². The van der Waals surface area contributed by atoms with Gasteiger partial charge in [0, 0.05) is 37.1 Å². The minimum Gasteiger partial charge on any atom is -0.341 e. The van der Waals surface area contributed by atoms with E-state index in [-0.39, 0.29) is 29.6 Å². The fourth-order valence-corrected chi connectivity index (χ4v) is 3.55. The molecular weight excluding hydrogens is 388 g/mol. The normalized spacial score (nSPS) is 11.2. The molecule has 2 aromatic carbocycles. The van der Waals surface area contributed by atoms with Gasteiger partial charge < -0.3 is 4.90 Å². The molecule has 0 saturated heterocycles. The van der Waals surface area contributed by atoms with E-state index in [1.165, 1.54) is 36.1 Å². The Labute approximate surface area is 164 Å². The Bertz CT molecular complexity index is 910. The van der Waals surface area contributed by atoms with Gasteiger partial charge in [0.05, 0.1) is 4.90 Å². The lowest BCUT2D eigenvalue weighted by Gasteiger charge is -2.17. The Kier molecular flexibility index (Phi) is 7.12. The third-order valence-electron chi connectivity index (χ3n) is 3.96. The van der Waals surface area contributed by atoms with E-state index in [1.54, 1.807) is 19.2 Å². The van der Waals surface area contributed by atoms with Gasteiger partial charge in [-0.3, -0.25) is 9.59 Å². The number of benzene rings is 2. The van der Waals surface area contributed by atoms with Crippen LogP contribution in [0.25, 0.3) is 0 Å². The first-order chi connectivity index (χ1) is 12.7. The van der Waals surface area contributed by atoms with E-state index in [0.29, 0.717) is 17.1 Å². The van der Waals surface area contributed by atoms with E-state index < -0.39 is 10.0 Å². The molecule has 0 atom stereocenters. The van der Waals surface area contributed by atoms with Crippen molar-refractivity contribution in [3.05, 3.63) is 64.7 Å². The SMILES string of the molecule is CC(=O)c1ccc(S(=O)(=O)NCCC(=O)N(C)Cc2ccc(Cl)cc2)cc1. The van der Waals surface area contributed by atoms with Crippen molar-refractivity contribution in [2.24, 2.45) is 0 Å². The zero-order valence-corrected chi connectivity index (χ0v) is 16.7. The highest BCUT2D eigenvalue weighted by atomic mass is 35.5. The summed E-state index contributed by atoms with van der Waals surface area (Å²) >= 11 is 5.83. The number of carbonyl (C=O) groups is 2. The number of nitrogens with one attached hydrogen (secondary N) is 1. The molecule has 6 nitrogen and oxygen atoms in total. The summed E-state index contributed by atoms with van der Waals surface area (Å²) in [4.78, 5) is 25.0. The van der Waals surface area contributed by atoms with E-state index in [9.17, 15) is 18.0 Å². The molecule has 8 heteroatoms. The molecule has 0 unspecified atom stereocenters. The number of rotatable bonds is 8. The Morgan fingerprint density at radius 2 is 1.63 bits per heavy atom. The number of carbonyl (C=O) groups excluding carboxylic acids is 2. The summed E-state index contributed by atoms with van der Waals surface area (Å²) < 4.78 is 26.9. The van der Waals surface area contributed by atoms with Gasteiger partial charge in [-0.05, 0) is 36.8 Å². The summed E-state index contributed by atoms with van der Waals surface area (Å²) in [7, 11) is -2.08. The molecule has 144 valence electrons. The standard InChI is InChI=1S/C19H21ClN2O4S/c1-14(23)16-5-9-18(10-6-16)27(25,26)21-12-11-19(24)22(2)13-15-3-7-17(20)8-4-15/h3-10,21H,11-13H2,1-2H3. The van der Waals surface area contributed by atoms with Gasteiger partial charge in [-0.1, -0.05) is 35.9 Å². The van der Waals surface area contributed by atoms with Crippen LogP contribution in [0.3, 0.4) is 0 Å². The van der Waals surface area contributed by atoms with Crippen LogP contribution in [0.1, 0.15) is 29.3 Å². The first-order valence-electron chi connectivity index (χ1n) is 8.28. The molecule has 0 radical (unpaired) electrons. The summed E-state index contributed by atoms with van der Waals surface area (Å²) in [6.45, 7) is 1.81. The highest BCUT2D eigenvalue weighted by molar-refractivity contribution is 7.89. The number of ketones is 1. The maximum absolute atomic E-state index is 12.3. The first-order valence-corrected chi connectivity index (χ1v) is 10.1. The van der Waals surface area contributed by atoms with E-state index in [2.05, 4.69) is 4.72 Å². The smallest absolute Gasteiger partial charge is 0.240 e. The molecule has 0 saturated carbocycles. The van der Waals surface area contributed by atoms with Crippen LogP contribution in [-0.4, -0.2) is 38.6 Å². The second kappa shape index (κ2) is 9.12. The average molecular weight is 409 g/mol. The summed E-state index contributed by atoms with van der Waals surface area (Å²) in [5, 5.41) is 0.624. The van der Waals surface area contributed by atoms with Crippen molar-refractivity contribution in [3.63, 3.8) is 0 Å². The molecule has 2 aromatic rings. The van der Waals surface area contributed by atoms with Crippen LogP contribution in [0.5, 0.6) is 0 Å². The molecule has 0 aliphatic heterocycles. The van der Waals surface area contributed by atoms with Crippen molar-refractivity contribution >= 4 is 33.3 Å². The third-order valence-corrected chi connectivity index (χ3v) is 5.69. The highest BCUT2D eigenvalue weighted by Gasteiger charge is 2.16. The van der Waals surface area contributed by atoms with Gasteiger partial charge in [-0.2, -0.15) is 0 Å². The molecule has 0 fully saturated rings. The molecule has 0 aliphatic carbocycles. The van der Waals surface area contributed by atoms with Crippen LogP contribution in [0.4, 0.5) is 0 Å². The predicted molar refractivity (Wildman–Crippen MR) is 104 cm³/mol. The lowest BCUT2D eigenvalue weighted by atomic mass is 10.2. The van der Waals surface area contributed by atoms with Gasteiger partial charge >= 0.3 is 0 Å². The highest BCUT2D eigenvalue weighted by Crippen LogP contribution is 2.12. The molecule has 0 heterocycles. The zero-order valence-electron chi connectivity index (χ0n) is 15.1.